The molecule has 0 unspecified atom stereocenters. The number of rotatable bonds is 6. The molecule has 2 N–H and O–H groups in total. The van der Waals surface area contributed by atoms with Crippen LogP contribution in [-0.4, -0.2) is 23.2 Å². The van der Waals surface area contributed by atoms with Crippen molar-refractivity contribution in [2.24, 2.45) is 5.73 Å². The van der Waals surface area contributed by atoms with E-state index in [9.17, 15) is 0 Å². The molecule has 19 heavy (non-hydrogen) atoms. The Morgan fingerprint density at radius 2 is 2.11 bits per heavy atom. The molecule has 0 aliphatic carbocycles. The minimum atomic E-state index is 0.409. The second-order valence-corrected chi connectivity index (χ2v) is 5.09. The number of ether oxygens (including phenoxy) is 1. The van der Waals surface area contributed by atoms with Crippen molar-refractivity contribution in [1.29, 1.82) is 0 Å². The van der Waals surface area contributed by atoms with Crippen LogP contribution in [0.15, 0.2) is 18.2 Å². The van der Waals surface area contributed by atoms with Crippen molar-refractivity contribution in [3.63, 3.8) is 0 Å². The summed E-state index contributed by atoms with van der Waals surface area (Å²) in [5, 5.41) is 0. The third kappa shape index (κ3) is 2.89. The largest absolute Gasteiger partial charge is 0.497 e. The van der Waals surface area contributed by atoms with Crippen LogP contribution in [0.25, 0.3) is 11.0 Å². The first kappa shape index (κ1) is 13.9. The molecule has 0 amide bonds. The number of benzene rings is 1. The van der Waals surface area contributed by atoms with Gasteiger partial charge < -0.3 is 15.0 Å². The smallest absolute Gasteiger partial charge is 0.121 e. The number of nitrogens with zero attached hydrogens (tertiary/aromatic N) is 2. The molecule has 0 atom stereocenters. The molecule has 1 heterocycles. The summed E-state index contributed by atoms with van der Waals surface area (Å²) in [7, 11) is 1.68. The van der Waals surface area contributed by atoms with Gasteiger partial charge in [-0.2, -0.15) is 0 Å². The highest BCUT2D eigenvalue weighted by molar-refractivity contribution is 5.78. The predicted molar refractivity (Wildman–Crippen MR) is 78.7 cm³/mol. The minimum absolute atomic E-state index is 0.409. The highest BCUT2D eigenvalue weighted by atomic mass is 16.5. The molecule has 0 spiro atoms. The van der Waals surface area contributed by atoms with Crippen molar-refractivity contribution < 1.29 is 4.74 Å². The Hall–Kier alpha value is -1.55. The molecule has 2 aromatic rings. The van der Waals surface area contributed by atoms with E-state index in [-0.39, 0.29) is 0 Å². The quantitative estimate of drug-likeness (QED) is 0.813. The highest BCUT2D eigenvalue weighted by Gasteiger charge is 2.13. The van der Waals surface area contributed by atoms with Crippen LogP contribution in [0.2, 0.25) is 0 Å². The summed E-state index contributed by atoms with van der Waals surface area (Å²) < 4.78 is 7.58. The van der Waals surface area contributed by atoms with E-state index in [2.05, 4.69) is 24.5 Å². The lowest BCUT2D eigenvalue weighted by Gasteiger charge is -2.13. The molecule has 1 aromatic heterocycles. The fourth-order valence-corrected chi connectivity index (χ4v) is 2.44. The fourth-order valence-electron chi connectivity index (χ4n) is 2.44. The van der Waals surface area contributed by atoms with E-state index in [0.717, 1.165) is 42.9 Å². The van der Waals surface area contributed by atoms with E-state index in [1.54, 1.807) is 7.11 Å². The average Bonchev–Trinajstić information content (AvgIpc) is 2.76. The Bertz CT molecular complexity index is 546. The van der Waals surface area contributed by atoms with Gasteiger partial charge in [-0.15, -0.1) is 0 Å². The standard InChI is InChI=1S/C15H23N3O/c1-11(2)18-14-8-7-12(19-3)10-13(14)17-15(18)6-4-5-9-16/h7-8,10-11H,4-6,9,16H2,1-3H3. The van der Waals surface area contributed by atoms with Gasteiger partial charge in [0, 0.05) is 18.5 Å². The molecule has 0 saturated carbocycles. The van der Waals surface area contributed by atoms with Gasteiger partial charge in [0.2, 0.25) is 0 Å². The summed E-state index contributed by atoms with van der Waals surface area (Å²) in [5.74, 6) is 2.00. The van der Waals surface area contributed by atoms with Gasteiger partial charge in [-0.05, 0) is 45.4 Å². The summed E-state index contributed by atoms with van der Waals surface area (Å²) in [6, 6.07) is 6.49. The number of hydrogen-bond acceptors (Lipinski definition) is 3. The van der Waals surface area contributed by atoms with Crippen LogP contribution >= 0.6 is 0 Å². The summed E-state index contributed by atoms with van der Waals surface area (Å²) >= 11 is 0. The average molecular weight is 261 g/mol. The molecule has 0 aliphatic rings. The molecule has 0 fully saturated rings. The van der Waals surface area contributed by atoms with Crippen LogP contribution in [0, 0.1) is 0 Å². The number of imidazole rings is 1. The molecule has 0 radical (unpaired) electrons. The molecule has 0 saturated heterocycles. The Balaban J connectivity index is 2.40. The molecule has 0 bridgehead atoms. The Labute approximate surface area is 114 Å². The zero-order valence-corrected chi connectivity index (χ0v) is 12.0. The molecule has 4 nitrogen and oxygen atoms in total. The lowest BCUT2D eigenvalue weighted by molar-refractivity contribution is 0.415. The summed E-state index contributed by atoms with van der Waals surface area (Å²) in [6.07, 6.45) is 3.11. The van der Waals surface area contributed by atoms with Crippen LogP contribution in [0.3, 0.4) is 0 Å². The van der Waals surface area contributed by atoms with Crippen molar-refractivity contribution in [3.8, 4) is 5.75 Å². The van der Waals surface area contributed by atoms with E-state index in [0.29, 0.717) is 6.04 Å². The second kappa shape index (κ2) is 6.06. The number of aromatic nitrogens is 2. The number of methoxy groups -OCH3 is 1. The lowest BCUT2D eigenvalue weighted by atomic mass is 10.2. The summed E-state index contributed by atoms with van der Waals surface area (Å²) in [6.45, 7) is 5.13. The second-order valence-electron chi connectivity index (χ2n) is 5.09. The molecular formula is C15H23N3O. The number of hydrogen-bond donors (Lipinski definition) is 1. The van der Waals surface area contributed by atoms with Crippen LogP contribution in [0.1, 0.15) is 38.6 Å². The van der Waals surface area contributed by atoms with Gasteiger partial charge in [0.05, 0.1) is 18.1 Å². The zero-order valence-electron chi connectivity index (χ0n) is 12.0. The molecule has 4 heteroatoms. The topological polar surface area (TPSA) is 53.1 Å². The van der Waals surface area contributed by atoms with Crippen LogP contribution in [0.4, 0.5) is 0 Å². The van der Waals surface area contributed by atoms with Gasteiger partial charge >= 0.3 is 0 Å². The number of nitrogens with two attached hydrogens (primary N) is 1. The van der Waals surface area contributed by atoms with E-state index in [1.165, 1.54) is 5.52 Å². The maximum atomic E-state index is 5.56. The molecule has 1 aromatic carbocycles. The van der Waals surface area contributed by atoms with Gasteiger partial charge in [0.15, 0.2) is 0 Å². The predicted octanol–water partition coefficient (Wildman–Crippen LogP) is 2.91. The lowest BCUT2D eigenvalue weighted by Crippen LogP contribution is -2.07. The Morgan fingerprint density at radius 1 is 1.32 bits per heavy atom. The minimum Gasteiger partial charge on any atom is -0.497 e. The third-order valence-electron chi connectivity index (χ3n) is 3.34. The first-order valence-corrected chi connectivity index (χ1v) is 6.92. The van der Waals surface area contributed by atoms with Gasteiger partial charge in [-0.1, -0.05) is 0 Å². The Kier molecular flexibility index (Phi) is 4.43. The molecule has 2 rings (SSSR count). The monoisotopic (exact) mass is 261 g/mol. The number of aryl methyl sites for hydroxylation is 1. The van der Waals surface area contributed by atoms with Crippen molar-refractivity contribution in [2.75, 3.05) is 13.7 Å². The maximum absolute atomic E-state index is 5.56. The van der Waals surface area contributed by atoms with Gasteiger partial charge in [0.25, 0.3) is 0 Å². The van der Waals surface area contributed by atoms with E-state index >= 15 is 0 Å². The SMILES string of the molecule is COc1ccc2c(c1)nc(CCCCN)n2C(C)C. The Morgan fingerprint density at radius 3 is 2.74 bits per heavy atom. The van der Waals surface area contributed by atoms with Gasteiger partial charge in [-0.25, -0.2) is 4.98 Å². The summed E-state index contributed by atoms with van der Waals surface area (Å²) in [4.78, 5) is 4.76. The first-order valence-electron chi connectivity index (χ1n) is 6.92. The fraction of sp³-hybridized carbons (Fsp3) is 0.533. The van der Waals surface area contributed by atoms with Crippen LogP contribution in [0.5, 0.6) is 5.75 Å². The molecule has 0 aliphatic heterocycles. The first-order chi connectivity index (χ1) is 9.17. The van der Waals surface area contributed by atoms with Crippen LogP contribution < -0.4 is 10.5 Å². The van der Waals surface area contributed by atoms with E-state index < -0.39 is 0 Å². The van der Waals surface area contributed by atoms with Crippen molar-refractivity contribution in [1.82, 2.24) is 9.55 Å². The van der Waals surface area contributed by atoms with Gasteiger partial charge in [-0.3, -0.25) is 0 Å². The molecule has 104 valence electrons. The van der Waals surface area contributed by atoms with Crippen molar-refractivity contribution >= 4 is 11.0 Å². The van der Waals surface area contributed by atoms with Crippen molar-refractivity contribution in [2.45, 2.75) is 39.2 Å². The third-order valence-corrected chi connectivity index (χ3v) is 3.34. The summed E-state index contributed by atoms with van der Waals surface area (Å²) in [5.41, 5.74) is 7.75. The van der Waals surface area contributed by atoms with E-state index in [1.807, 2.05) is 12.1 Å². The zero-order chi connectivity index (χ0) is 13.8. The normalized spacial score (nSPS) is 11.4. The number of unbranched alkanes of at least 4 members (excludes halogenated alkanes) is 1. The van der Waals surface area contributed by atoms with E-state index in [4.69, 9.17) is 15.5 Å². The highest BCUT2D eigenvalue weighted by Crippen LogP contribution is 2.25. The van der Waals surface area contributed by atoms with Crippen molar-refractivity contribution in [3.05, 3.63) is 24.0 Å². The van der Waals surface area contributed by atoms with Gasteiger partial charge in [0.1, 0.15) is 11.6 Å². The maximum Gasteiger partial charge on any atom is 0.121 e. The molecular weight excluding hydrogens is 238 g/mol. The number of fused-ring (bicyclic) bond motifs is 1. The van der Waals surface area contributed by atoms with Crippen LogP contribution in [-0.2, 0) is 6.42 Å².